The molecule has 1 aliphatic heterocycles. The Labute approximate surface area is 248 Å². The first kappa shape index (κ1) is 26.2. The van der Waals surface area contributed by atoms with Gasteiger partial charge in [-0.2, -0.15) is 0 Å². The van der Waals surface area contributed by atoms with E-state index in [1.165, 1.54) is 29.0 Å². The molecule has 0 unspecified atom stereocenters. The van der Waals surface area contributed by atoms with E-state index in [1.54, 1.807) is 36.0 Å². The Bertz CT molecular complexity index is 2120. The van der Waals surface area contributed by atoms with Crippen LogP contribution in [-0.2, 0) is 6.42 Å². The topological polar surface area (TPSA) is 99.9 Å². The van der Waals surface area contributed by atoms with Crippen molar-refractivity contribution in [1.29, 1.82) is 0 Å². The van der Waals surface area contributed by atoms with Crippen LogP contribution in [0.5, 0.6) is 5.75 Å². The predicted octanol–water partition coefficient (Wildman–Crippen LogP) is 6.15. The van der Waals surface area contributed by atoms with E-state index in [2.05, 4.69) is 12.1 Å². The second-order valence-corrected chi connectivity index (χ2v) is 11.4. The Balaban J connectivity index is 1.38. The molecule has 7 rings (SSSR count). The molecule has 1 atom stereocenters. The van der Waals surface area contributed by atoms with Crippen LogP contribution < -0.4 is 19.6 Å². The van der Waals surface area contributed by atoms with Crippen molar-refractivity contribution in [2.24, 2.45) is 4.99 Å². The van der Waals surface area contributed by atoms with Crippen LogP contribution in [0.1, 0.15) is 34.9 Å². The number of ether oxygens (including phenoxy) is 1. The molecule has 0 amide bonds. The lowest BCUT2D eigenvalue weighted by Crippen LogP contribution is -2.38. The minimum atomic E-state index is -0.502. The summed E-state index contributed by atoms with van der Waals surface area (Å²) in [5, 5.41) is 11.3. The zero-order valence-corrected chi connectivity index (χ0v) is 23.8. The molecule has 2 aliphatic rings. The third kappa shape index (κ3) is 4.29. The number of furan rings is 1. The fourth-order valence-corrected chi connectivity index (χ4v) is 6.96. The first-order valence-electron chi connectivity index (χ1n) is 13.2. The molecule has 5 aromatic rings. The SMILES string of the molecule is COc1ccccc1[C@@H]1C2=C(N=c3s/c(=C/c4ccc(-c5ccc([N+](=O)[O-])cc5Cl)o4)c(=O)n31)c1ccccc1CC2. The minimum absolute atomic E-state index is 0.105. The number of thiazole rings is 1. The maximum Gasteiger partial charge on any atom is 0.271 e. The molecule has 0 saturated heterocycles. The molecule has 42 heavy (non-hydrogen) atoms. The highest BCUT2D eigenvalue weighted by atomic mass is 35.5. The van der Waals surface area contributed by atoms with E-state index < -0.39 is 4.92 Å². The number of nitrogens with zero attached hydrogens (tertiary/aromatic N) is 3. The summed E-state index contributed by atoms with van der Waals surface area (Å²) < 4.78 is 14.0. The molecule has 208 valence electrons. The lowest BCUT2D eigenvalue weighted by atomic mass is 9.83. The maximum absolute atomic E-state index is 14.0. The van der Waals surface area contributed by atoms with E-state index in [9.17, 15) is 14.9 Å². The van der Waals surface area contributed by atoms with Gasteiger partial charge in [0.1, 0.15) is 17.3 Å². The van der Waals surface area contributed by atoms with Gasteiger partial charge in [0.15, 0.2) is 4.80 Å². The van der Waals surface area contributed by atoms with Crippen LogP contribution in [0.4, 0.5) is 5.69 Å². The molecule has 0 N–H and O–H groups in total. The summed E-state index contributed by atoms with van der Waals surface area (Å²) in [6.07, 6.45) is 3.34. The number of methoxy groups -OCH3 is 1. The Morgan fingerprint density at radius 2 is 1.88 bits per heavy atom. The number of rotatable bonds is 5. The Kier molecular flexibility index (Phi) is 6.41. The average Bonchev–Trinajstić information content (AvgIpc) is 3.59. The number of aryl methyl sites for hydroxylation is 1. The monoisotopic (exact) mass is 595 g/mol. The molecule has 3 heterocycles. The minimum Gasteiger partial charge on any atom is -0.496 e. The summed E-state index contributed by atoms with van der Waals surface area (Å²) in [5.41, 5.74) is 5.48. The van der Waals surface area contributed by atoms with Crippen molar-refractivity contribution in [2.45, 2.75) is 18.9 Å². The molecule has 0 saturated carbocycles. The predicted molar refractivity (Wildman–Crippen MR) is 162 cm³/mol. The first-order chi connectivity index (χ1) is 20.4. The van der Waals surface area contributed by atoms with E-state index in [-0.39, 0.29) is 22.3 Å². The standard InChI is InChI=1S/C32H22ClN3O5S/c1-40-26-9-5-4-8-23(26)30-24-13-10-18-6-2-3-7-21(18)29(24)34-32-35(30)31(37)28(42-32)17-20-12-15-27(41-20)22-14-11-19(36(38)39)16-25(22)33/h2-9,11-12,14-17,30H,10,13H2,1H3/b28-17+/t30-/m1/s1. The highest BCUT2D eigenvalue weighted by Gasteiger charge is 2.34. The summed E-state index contributed by atoms with van der Waals surface area (Å²) in [5.74, 6) is 1.60. The molecule has 0 radical (unpaired) electrons. The molecular weight excluding hydrogens is 574 g/mol. The highest BCUT2D eigenvalue weighted by molar-refractivity contribution is 7.07. The van der Waals surface area contributed by atoms with Crippen LogP contribution >= 0.6 is 22.9 Å². The number of allylic oxidation sites excluding steroid dienone is 1. The lowest BCUT2D eigenvalue weighted by molar-refractivity contribution is -0.384. The van der Waals surface area contributed by atoms with E-state index in [4.69, 9.17) is 25.7 Å². The smallest absolute Gasteiger partial charge is 0.271 e. The number of benzene rings is 3. The van der Waals surface area contributed by atoms with Gasteiger partial charge in [-0.15, -0.1) is 0 Å². The number of aromatic nitrogens is 1. The molecule has 2 aromatic heterocycles. The van der Waals surface area contributed by atoms with Crippen LogP contribution in [0.2, 0.25) is 5.02 Å². The fraction of sp³-hybridized carbons (Fsp3) is 0.125. The van der Waals surface area contributed by atoms with Crippen molar-refractivity contribution in [3.05, 3.63) is 142 Å². The zero-order valence-electron chi connectivity index (χ0n) is 22.2. The van der Waals surface area contributed by atoms with Gasteiger partial charge in [0.2, 0.25) is 0 Å². The van der Waals surface area contributed by atoms with Gasteiger partial charge in [0, 0.05) is 34.9 Å². The number of para-hydroxylation sites is 1. The summed E-state index contributed by atoms with van der Waals surface area (Å²) in [7, 11) is 1.64. The van der Waals surface area contributed by atoms with Crippen molar-refractivity contribution in [2.75, 3.05) is 7.11 Å². The van der Waals surface area contributed by atoms with Gasteiger partial charge in [0.25, 0.3) is 11.2 Å². The third-order valence-corrected chi connectivity index (χ3v) is 8.93. The van der Waals surface area contributed by atoms with Crippen LogP contribution in [0.3, 0.4) is 0 Å². The number of hydrogen-bond donors (Lipinski definition) is 0. The number of fused-ring (bicyclic) bond motifs is 3. The third-order valence-electron chi connectivity index (χ3n) is 7.64. The molecule has 10 heteroatoms. The Morgan fingerprint density at radius 1 is 1.07 bits per heavy atom. The number of non-ortho nitro benzene ring substituents is 1. The van der Waals surface area contributed by atoms with Crippen molar-refractivity contribution >= 4 is 40.4 Å². The zero-order chi connectivity index (χ0) is 29.0. The van der Waals surface area contributed by atoms with Gasteiger partial charge in [-0.25, -0.2) is 4.99 Å². The van der Waals surface area contributed by atoms with Gasteiger partial charge >= 0.3 is 0 Å². The van der Waals surface area contributed by atoms with E-state index in [0.717, 1.165) is 35.2 Å². The molecular formula is C32H22ClN3O5S. The summed E-state index contributed by atoms with van der Waals surface area (Å²) in [6.45, 7) is 0. The average molecular weight is 596 g/mol. The van der Waals surface area contributed by atoms with E-state index >= 15 is 0 Å². The van der Waals surface area contributed by atoms with Crippen LogP contribution in [-0.4, -0.2) is 16.6 Å². The summed E-state index contributed by atoms with van der Waals surface area (Å²) in [6, 6.07) is 23.4. The van der Waals surface area contributed by atoms with Crippen LogP contribution in [0.15, 0.2) is 98.6 Å². The number of halogens is 1. The Morgan fingerprint density at radius 3 is 2.69 bits per heavy atom. The lowest BCUT2D eigenvalue weighted by Gasteiger charge is -2.31. The van der Waals surface area contributed by atoms with Gasteiger partial charge in [0.05, 0.1) is 33.3 Å². The molecule has 1 aliphatic carbocycles. The van der Waals surface area contributed by atoms with E-state index in [0.29, 0.717) is 32.2 Å². The van der Waals surface area contributed by atoms with Gasteiger partial charge in [-0.3, -0.25) is 19.5 Å². The fourth-order valence-electron chi connectivity index (χ4n) is 5.71. The number of nitro groups is 1. The Hall–Kier alpha value is -4.73. The molecule has 8 nitrogen and oxygen atoms in total. The highest BCUT2D eigenvalue weighted by Crippen LogP contribution is 2.43. The second-order valence-electron chi connectivity index (χ2n) is 9.98. The van der Waals surface area contributed by atoms with E-state index in [1.807, 2.05) is 36.4 Å². The largest absolute Gasteiger partial charge is 0.496 e. The quantitative estimate of drug-likeness (QED) is 0.179. The summed E-state index contributed by atoms with van der Waals surface area (Å²) in [4.78, 5) is 30.3. The molecule has 0 bridgehead atoms. The van der Waals surface area contributed by atoms with Crippen molar-refractivity contribution in [3.8, 4) is 17.1 Å². The molecule has 0 fully saturated rings. The normalized spacial score (nSPS) is 16.0. The first-order valence-corrected chi connectivity index (χ1v) is 14.4. The second kappa shape index (κ2) is 10.3. The van der Waals surface area contributed by atoms with Crippen molar-refractivity contribution in [1.82, 2.24) is 4.57 Å². The van der Waals surface area contributed by atoms with Crippen molar-refractivity contribution in [3.63, 3.8) is 0 Å². The number of nitro benzene ring substituents is 1. The van der Waals surface area contributed by atoms with Gasteiger partial charge in [-0.1, -0.05) is 65.4 Å². The molecule has 0 spiro atoms. The maximum atomic E-state index is 14.0. The van der Waals surface area contributed by atoms with Gasteiger partial charge < -0.3 is 9.15 Å². The molecule has 3 aromatic carbocycles. The van der Waals surface area contributed by atoms with Gasteiger partial charge in [-0.05, 0) is 48.2 Å². The van der Waals surface area contributed by atoms with Crippen LogP contribution in [0.25, 0.3) is 23.1 Å². The summed E-state index contributed by atoms with van der Waals surface area (Å²) >= 11 is 7.62. The van der Waals surface area contributed by atoms with Crippen LogP contribution in [0, 0.1) is 10.1 Å². The number of hydrogen-bond acceptors (Lipinski definition) is 7. The van der Waals surface area contributed by atoms with Crippen molar-refractivity contribution < 1.29 is 14.1 Å².